The van der Waals surface area contributed by atoms with Crippen LogP contribution in [0.1, 0.15) is 54.0 Å². The van der Waals surface area contributed by atoms with Crippen molar-refractivity contribution >= 4 is 27.3 Å². The molecule has 0 saturated carbocycles. The van der Waals surface area contributed by atoms with Gasteiger partial charge < -0.3 is 4.74 Å². The van der Waals surface area contributed by atoms with Gasteiger partial charge >= 0.3 is 0 Å². The molecule has 0 N–H and O–H groups in total. The lowest BCUT2D eigenvalue weighted by Gasteiger charge is -2.41. The first-order valence-electron chi connectivity index (χ1n) is 13.0. The molecule has 37 heavy (non-hydrogen) atoms. The van der Waals surface area contributed by atoms with Crippen LogP contribution in [0.25, 0.3) is 21.5 Å². The van der Waals surface area contributed by atoms with Crippen LogP contribution >= 0.6 is 0 Å². The van der Waals surface area contributed by atoms with E-state index in [1.807, 2.05) is 6.92 Å². The molecule has 2 nitrogen and oxygen atoms in total. The van der Waals surface area contributed by atoms with Crippen molar-refractivity contribution in [1.29, 1.82) is 0 Å². The van der Waals surface area contributed by atoms with Crippen molar-refractivity contribution in [2.45, 2.75) is 38.2 Å². The van der Waals surface area contributed by atoms with Crippen molar-refractivity contribution in [3.63, 3.8) is 0 Å². The Kier molecular flexibility index (Phi) is 4.87. The van der Waals surface area contributed by atoms with Crippen molar-refractivity contribution in [2.75, 3.05) is 0 Å². The molecule has 1 aliphatic carbocycles. The Labute approximate surface area is 217 Å². The monoisotopic (exact) mass is 480 g/mol. The number of carbonyl (C=O) groups excluding carboxylic acids is 1. The predicted molar refractivity (Wildman–Crippen MR) is 150 cm³/mol. The van der Waals surface area contributed by atoms with Gasteiger partial charge in [0.05, 0.1) is 0 Å². The highest BCUT2D eigenvalue weighted by Crippen LogP contribution is 2.55. The smallest absolute Gasteiger partial charge is 0.163 e. The van der Waals surface area contributed by atoms with Crippen molar-refractivity contribution in [1.82, 2.24) is 0 Å². The maximum Gasteiger partial charge on any atom is 0.163 e. The van der Waals surface area contributed by atoms with E-state index in [0.29, 0.717) is 6.42 Å². The van der Waals surface area contributed by atoms with Crippen LogP contribution in [0.15, 0.2) is 114 Å². The quantitative estimate of drug-likeness (QED) is 0.243. The first-order valence-corrected chi connectivity index (χ1v) is 13.0. The highest BCUT2D eigenvalue weighted by Gasteiger charge is 2.50. The third kappa shape index (κ3) is 3.22. The molecule has 1 aliphatic heterocycles. The largest absolute Gasteiger partial charge is 0.482 e. The zero-order valence-corrected chi connectivity index (χ0v) is 21.1. The molecule has 5 aromatic rings. The van der Waals surface area contributed by atoms with Crippen molar-refractivity contribution in [2.24, 2.45) is 0 Å². The highest BCUT2D eigenvalue weighted by molar-refractivity contribution is 6.02. The summed E-state index contributed by atoms with van der Waals surface area (Å²) in [7, 11) is 0. The van der Waals surface area contributed by atoms with Gasteiger partial charge in [-0.15, -0.1) is 0 Å². The lowest BCUT2D eigenvalue weighted by atomic mass is 9.66. The second-order valence-electron chi connectivity index (χ2n) is 10.4. The highest BCUT2D eigenvalue weighted by atomic mass is 16.5. The van der Waals surface area contributed by atoms with Gasteiger partial charge in [0.15, 0.2) is 11.4 Å². The summed E-state index contributed by atoms with van der Waals surface area (Å²) in [6.07, 6.45) is 1.46. The van der Waals surface area contributed by atoms with E-state index in [1.54, 1.807) is 6.92 Å². The molecule has 2 heteroatoms. The summed E-state index contributed by atoms with van der Waals surface area (Å²) in [6.45, 7) is 3.58. The fourth-order valence-corrected chi connectivity index (χ4v) is 6.81. The van der Waals surface area contributed by atoms with Gasteiger partial charge in [0.2, 0.25) is 0 Å². The Hall–Kier alpha value is -4.17. The summed E-state index contributed by atoms with van der Waals surface area (Å²) >= 11 is 0. The van der Waals surface area contributed by atoms with Crippen molar-refractivity contribution in [3.05, 3.63) is 142 Å². The van der Waals surface area contributed by atoms with E-state index >= 15 is 0 Å². The van der Waals surface area contributed by atoms with Crippen molar-refractivity contribution < 1.29 is 9.53 Å². The molecule has 0 atom stereocenters. The van der Waals surface area contributed by atoms with Crippen LogP contribution in [0.3, 0.4) is 0 Å². The standard InChI is InChI=1S/C35H28O2/c1-22(36)32-21-35(37-23(32)2)33-17-9-7-15-28(33)31(29-16-8-10-18-34(29)35)20-30-26-13-5-3-11-24(26)19-25-12-4-6-14-27(25)30/h3-19,31H,20-21H2,1-2H3. The van der Waals surface area contributed by atoms with Gasteiger partial charge in [-0.3, -0.25) is 4.79 Å². The maximum absolute atomic E-state index is 12.5. The average Bonchev–Trinajstić information content (AvgIpc) is 3.29. The molecule has 180 valence electrons. The van der Waals surface area contributed by atoms with E-state index in [1.165, 1.54) is 49.4 Å². The van der Waals surface area contributed by atoms with Crippen LogP contribution in [-0.4, -0.2) is 5.78 Å². The predicted octanol–water partition coefficient (Wildman–Crippen LogP) is 8.21. The summed E-state index contributed by atoms with van der Waals surface area (Å²) < 4.78 is 6.71. The van der Waals surface area contributed by atoms with Crippen LogP contribution in [0, 0.1) is 0 Å². The summed E-state index contributed by atoms with van der Waals surface area (Å²) in [5.74, 6) is 1.02. The zero-order valence-electron chi connectivity index (χ0n) is 21.1. The lowest BCUT2D eigenvalue weighted by Crippen LogP contribution is -2.35. The van der Waals surface area contributed by atoms with Crippen LogP contribution in [0.4, 0.5) is 0 Å². The van der Waals surface area contributed by atoms with E-state index in [4.69, 9.17) is 4.74 Å². The number of hydrogen-bond acceptors (Lipinski definition) is 2. The third-order valence-electron chi connectivity index (χ3n) is 8.44. The molecule has 1 heterocycles. The van der Waals surface area contributed by atoms with Gasteiger partial charge in [0, 0.05) is 29.0 Å². The number of ether oxygens (including phenoxy) is 1. The van der Waals surface area contributed by atoms with E-state index in [2.05, 4.69) is 103 Å². The topological polar surface area (TPSA) is 26.3 Å². The summed E-state index contributed by atoms with van der Waals surface area (Å²) in [5, 5.41) is 5.17. The zero-order chi connectivity index (χ0) is 25.1. The number of benzene rings is 5. The molecule has 0 bridgehead atoms. The fraction of sp³-hybridized carbons (Fsp3) is 0.171. The number of hydrogen-bond donors (Lipinski definition) is 0. The Bertz CT molecular complexity index is 1660. The minimum Gasteiger partial charge on any atom is -0.482 e. The molecule has 0 fully saturated rings. The summed E-state index contributed by atoms with van der Waals surface area (Å²) in [6, 6.07) is 37.2. The number of fused-ring (bicyclic) bond motifs is 6. The number of ketones is 1. The molecule has 5 aromatic carbocycles. The molecular weight excluding hydrogens is 452 g/mol. The van der Waals surface area contributed by atoms with E-state index in [0.717, 1.165) is 17.8 Å². The molecule has 1 spiro atoms. The van der Waals surface area contributed by atoms with E-state index < -0.39 is 5.60 Å². The second-order valence-corrected chi connectivity index (χ2v) is 10.4. The Morgan fingerprint density at radius 2 is 1.30 bits per heavy atom. The van der Waals surface area contributed by atoms with E-state index in [9.17, 15) is 4.79 Å². The Morgan fingerprint density at radius 3 is 1.84 bits per heavy atom. The van der Waals surface area contributed by atoms with Gasteiger partial charge in [-0.05, 0) is 64.6 Å². The van der Waals surface area contributed by atoms with Gasteiger partial charge in [-0.25, -0.2) is 0 Å². The molecule has 0 saturated heterocycles. The van der Waals surface area contributed by atoms with E-state index in [-0.39, 0.29) is 11.7 Å². The Balaban J connectivity index is 1.46. The van der Waals surface area contributed by atoms with Crippen LogP contribution < -0.4 is 0 Å². The van der Waals surface area contributed by atoms with Crippen LogP contribution in [0.5, 0.6) is 0 Å². The molecule has 0 radical (unpaired) electrons. The molecule has 2 aliphatic rings. The van der Waals surface area contributed by atoms with Crippen LogP contribution in [-0.2, 0) is 21.6 Å². The first kappa shape index (κ1) is 22.1. The maximum atomic E-state index is 12.5. The van der Waals surface area contributed by atoms with Gasteiger partial charge in [0.1, 0.15) is 5.76 Å². The van der Waals surface area contributed by atoms with Crippen molar-refractivity contribution in [3.8, 4) is 0 Å². The summed E-state index contributed by atoms with van der Waals surface area (Å²) in [5.41, 5.74) is 6.45. The number of Topliss-reactive ketones (excluding diaryl/α,β-unsaturated/α-hetero) is 1. The normalized spacial score (nSPS) is 20.2. The lowest BCUT2D eigenvalue weighted by molar-refractivity contribution is -0.113. The molecule has 0 unspecified atom stereocenters. The molecular formula is C35H28O2. The second kappa shape index (κ2) is 8.18. The van der Waals surface area contributed by atoms with Gasteiger partial charge in [-0.2, -0.15) is 0 Å². The van der Waals surface area contributed by atoms with Crippen LogP contribution in [0.2, 0.25) is 0 Å². The minimum absolute atomic E-state index is 0.0914. The fourth-order valence-electron chi connectivity index (χ4n) is 6.81. The summed E-state index contributed by atoms with van der Waals surface area (Å²) in [4.78, 5) is 12.5. The number of carbonyl (C=O) groups is 1. The van der Waals surface area contributed by atoms with Gasteiger partial charge in [0.25, 0.3) is 0 Å². The number of rotatable bonds is 3. The average molecular weight is 481 g/mol. The van der Waals surface area contributed by atoms with Gasteiger partial charge in [-0.1, -0.05) is 97.1 Å². The molecule has 7 rings (SSSR count). The Morgan fingerprint density at radius 1 is 0.784 bits per heavy atom. The molecule has 0 amide bonds. The molecule has 0 aromatic heterocycles. The number of allylic oxidation sites excluding steroid dienone is 1. The first-order chi connectivity index (χ1) is 18.1. The SMILES string of the molecule is CC(=O)C1=C(C)OC2(C1)c1ccccc1C(Cc1c3ccccc3cc3ccccc13)c1ccccc12. The minimum atomic E-state index is -0.657. The third-order valence-corrected chi connectivity index (χ3v) is 8.44.